The Hall–Kier alpha value is -1.95. The van der Waals surface area contributed by atoms with Crippen LogP contribution in [-0.2, 0) is 13.5 Å². The lowest BCUT2D eigenvalue weighted by Crippen LogP contribution is -2.03. The molecule has 0 spiro atoms. The Bertz CT molecular complexity index is 597. The molecule has 0 radical (unpaired) electrons. The largest absolute Gasteiger partial charge is 0.494 e. The van der Waals surface area contributed by atoms with Crippen LogP contribution in [0, 0.1) is 11.6 Å². The van der Waals surface area contributed by atoms with Gasteiger partial charge in [-0.25, -0.2) is 13.8 Å². The number of rotatable bonds is 4. The van der Waals surface area contributed by atoms with Gasteiger partial charge in [0.2, 0.25) is 0 Å². The molecule has 6 heteroatoms. The Morgan fingerprint density at radius 1 is 1.32 bits per heavy atom. The standard InChI is InChI=1S/C13H14F2N2O2/c1-17-11(7-16-13(17)3-4-18)8-5-10(15)12(19-2)6-9(8)14/h5-7,18H,3-4H2,1-2H3. The molecule has 0 atom stereocenters. The molecule has 2 aromatic rings. The van der Waals surface area contributed by atoms with Gasteiger partial charge in [-0.2, -0.15) is 0 Å². The number of halogens is 2. The molecule has 0 unspecified atom stereocenters. The molecule has 0 bridgehead atoms. The molecule has 0 saturated heterocycles. The smallest absolute Gasteiger partial charge is 0.165 e. The zero-order valence-corrected chi connectivity index (χ0v) is 10.7. The molecule has 2 rings (SSSR count). The van der Waals surface area contributed by atoms with E-state index < -0.39 is 11.6 Å². The highest BCUT2D eigenvalue weighted by atomic mass is 19.1. The number of hydrogen-bond acceptors (Lipinski definition) is 3. The van der Waals surface area contributed by atoms with E-state index >= 15 is 0 Å². The lowest BCUT2D eigenvalue weighted by molar-refractivity contribution is 0.295. The van der Waals surface area contributed by atoms with Crippen molar-refractivity contribution in [1.29, 1.82) is 0 Å². The summed E-state index contributed by atoms with van der Waals surface area (Å²) in [5.41, 5.74) is 0.556. The van der Waals surface area contributed by atoms with Crippen LogP contribution in [0.25, 0.3) is 11.3 Å². The average molecular weight is 268 g/mol. The van der Waals surface area contributed by atoms with Gasteiger partial charge in [-0.1, -0.05) is 0 Å². The van der Waals surface area contributed by atoms with Gasteiger partial charge in [0.25, 0.3) is 0 Å². The number of nitrogens with zero attached hydrogens (tertiary/aromatic N) is 2. The van der Waals surface area contributed by atoms with Gasteiger partial charge < -0.3 is 14.4 Å². The van der Waals surface area contributed by atoms with Gasteiger partial charge in [-0.05, 0) is 6.07 Å². The van der Waals surface area contributed by atoms with Gasteiger partial charge >= 0.3 is 0 Å². The van der Waals surface area contributed by atoms with E-state index in [1.54, 1.807) is 11.6 Å². The highest BCUT2D eigenvalue weighted by molar-refractivity contribution is 5.61. The second-order valence-corrected chi connectivity index (χ2v) is 4.06. The third-order valence-corrected chi connectivity index (χ3v) is 2.94. The van der Waals surface area contributed by atoms with Gasteiger partial charge in [0.1, 0.15) is 11.6 Å². The molecule has 0 fully saturated rings. The van der Waals surface area contributed by atoms with E-state index in [0.29, 0.717) is 17.9 Å². The summed E-state index contributed by atoms with van der Waals surface area (Å²) in [5, 5.41) is 8.89. The van der Waals surface area contributed by atoms with Crippen LogP contribution in [0.1, 0.15) is 5.82 Å². The van der Waals surface area contributed by atoms with Crippen molar-refractivity contribution >= 4 is 0 Å². The predicted octanol–water partition coefficient (Wildman–Crippen LogP) is 1.91. The zero-order valence-electron chi connectivity index (χ0n) is 10.7. The fourth-order valence-electron chi connectivity index (χ4n) is 1.91. The van der Waals surface area contributed by atoms with Gasteiger partial charge in [0.15, 0.2) is 11.6 Å². The number of aliphatic hydroxyl groups is 1. The van der Waals surface area contributed by atoms with Crippen molar-refractivity contribution in [3.05, 3.63) is 35.8 Å². The van der Waals surface area contributed by atoms with Crippen LogP contribution in [0.4, 0.5) is 8.78 Å². The molecule has 1 heterocycles. The second-order valence-electron chi connectivity index (χ2n) is 4.06. The normalized spacial score (nSPS) is 10.8. The first-order valence-electron chi connectivity index (χ1n) is 5.73. The topological polar surface area (TPSA) is 47.3 Å². The summed E-state index contributed by atoms with van der Waals surface area (Å²) in [6, 6.07) is 2.08. The van der Waals surface area contributed by atoms with Crippen molar-refractivity contribution in [2.75, 3.05) is 13.7 Å². The Morgan fingerprint density at radius 3 is 2.68 bits per heavy atom. The molecule has 1 aromatic heterocycles. The Labute approximate surface area is 109 Å². The third-order valence-electron chi connectivity index (χ3n) is 2.94. The molecule has 0 aliphatic rings. The Balaban J connectivity index is 2.50. The predicted molar refractivity (Wildman–Crippen MR) is 65.9 cm³/mol. The molecule has 0 aliphatic carbocycles. The van der Waals surface area contributed by atoms with Gasteiger partial charge in [0.05, 0.1) is 25.6 Å². The third kappa shape index (κ3) is 2.44. The van der Waals surface area contributed by atoms with Crippen molar-refractivity contribution in [2.45, 2.75) is 6.42 Å². The summed E-state index contributed by atoms with van der Waals surface area (Å²) >= 11 is 0. The molecule has 102 valence electrons. The van der Waals surface area contributed by atoms with E-state index in [9.17, 15) is 8.78 Å². The van der Waals surface area contributed by atoms with E-state index in [2.05, 4.69) is 4.98 Å². The number of hydrogen-bond donors (Lipinski definition) is 1. The summed E-state index contributed by atoms with van der Waals surface area (Å²) in [6.45, 7) is -0.0518. The van der Waals surface area contributed by atoms with Crippen LogP contribution in [0.15, 0.2) is 18.3 Å². The van der Waals surface area contributed by atoms with Gasteiger partial charge in [-0.15, -0.1) is 0 Å². The molecular weight excluding hydrogens is 254 g/mol. The zero-order chi connectivity index (χ0) is 14.0. The van der Waals surface area contributed by atoms with Gasteiger partial charge in [-0.3, -0.25) is 0 Å². The highest BCUT2D eigenvalue weighted by Crippen LogP contribution is 2.29. The minimum atomic E-state index is -0.635. The second kappa shape index (κ2) is 5.36. The monoisotopic (exact) mass is 268 g/mol. The summed E-state index contributed by atoms with van der Waals surface area (Å²) in [6.07, 6.45) is 1.81. The number of aromatic nitrogens is 2. The first-order valence-corrected chi connectivity index (χ1v) is 5.73. The number of ether oxygens (including phenoxy) is 1. The molecule has 1 aromatic carbocycles. The maximum Gasteiger partial charge on any atom is 0.165 e. The number of imidazole rings is 1. The molecule has 4 nitrogen and oxygen atoms in total. The lowest BCUT2D eigenvalue weighted by atomic mass is 10.1. The molecular formula is C13H14F2N2O2. The van der Waals surface area contributed by atoms with Crippen molar-refractivity contribution in [3.8, 4) is 17.0 Å². The van der Waals surface area contributed by atoms with E-state index in [4.69, 9.17) is 9.84 Å². The average Bonchev–Trinajstić information content (AvgIpc) is 2.74. The minimum absolute atomic E-state index is 0.0518. The van der Waals surface area contributed by atoms with Crippen molar-refractivity contribution in [3.63, 3.8) is 0 Å². The fraction of sp³-hybridized carbons (Fsp3) is 0.308. The first kappa shape index (κ1) is 13.5. The Kier molecular flexibility index (Phi) is 3.80. The fourth-order valence-corrected chi connectivity index (χ4v) is 1.91. The molecule has 0 amide bonds. The maximum atomic E-state index is 13.9. The van der Waals surface area contributed by atoms with Crippen molar-refractivity contribution in [2.24, 2.45) is 7.05 Å². The van der Waals surface area contributed by atoms with E-state index in [1.165, 1.54) is 13.3 Å². The quantitative estimate of drug-likeness (QED) is 0.921. The van der Waals surface area contributed by atoms with Crippen LogP contribution in [0.2, 0.25) is 0 Å². The van der Waals surface area contributed by atoms with Crippen LogP contribution >= 0.6 is 0 Å². The summed E-state index contributed by atoms with van der Waals surface area (Å²) < 4.78 is 33.9. The van der Waals surface area contributed by atoms with E-state index in [0.717, 1.165) is 12.1 Å². The highest BCUT2D eigenvalue weighted by Gasteiger charge is 2.16. The molecule has 0 saturated carbocycles. The van der Waals surface area contributed by atoms with E-state index in [1.807, 2.05) is 0 Å². The molecule has 1 N–H and O–H groups in total. The van der Waals surface area contributed by atoms with E-state index in [-0.39, 0.29) is 17.9 Å². The summed E-state index contributed by atoms with van der Waals surface area (Å²) in [5.74, 6) is -0.757. The molecule has 0 aliphatic heterocycles. The van der Waals surface area contributed by atoms with Crippen LogP contribution < -0.4 is 4.74 Å². The first-order chi connectivity index (χ1) is 9.08. The SMILES string of the molecule is COc1cc(F)c(-c2cnc(CCO)n2C)cc1F. The molecule has 19 heavy (non-hydrogen) atoms. The summed E-state index contributed by atoms with van der Waals surface area (Å²) in [7, 11) is 2.97. The van der Waals surface area contributed by atoms with Crippen LogP contribution in [-0.4, -0.2) is 28.4 Å². The maximum absolute atomic E-state index is 13.9. The Morgan fingerprint density at radius 2 is 2.05 bits per heavy atom. The van der Waals surface area contributed by atoms with Crippen molar-refractivity contribution in [1.82, 2.24) is 9.55 Å². The van der Waals surface area contributed by atoms with Gasteiger partial charge in [0, 0.05) is 25.1 Å². The van der Waals surface area contributed by atoms with Crippen molar-refractivity contribution < 1.29 is 18.6 Å². The summed E-state index contributed by atoms with van der Waals surface area (Å²) in [4.78, 5) is 4.08. The number of methoxy groups -OCH3 is 1. The van der Waals surface area contributed by atoms with Crippen LogP contribution in [0.3, 0.4) is 0 Å². The lowest BCUT2D eigenvalue weighted by Gasteiger charge is -2.09. The van der Waals surface area contributed by atoms with Crippen LogP contribution in [0.5, 0.6) is 5.75 Å². The minimum Gasteiger partial charge on any atom is -0.494 e. The number of benzene rings is 1. The number of aliphatic hydroxyl groups excluding tert-OH is 1.